The van der Waals surface area contributed by atoms with Gasteiger partial charge in [0.25, 0.3) is 0 Å². The maximum atomic E-state index is 5.91. The Kier molecular flexibility index (Phi) is 2.86. The molecule has 2 saturated heterocycles. The first kappa shape index (κ1) is 11.3. The van der Waals surface area contributed by atoms with Crippen LogP contribution >= 0.6 is 11.8 Å². The number of hydrogen-bond acceptors (Lipinski definition) is 3. The van der Waals surface area contributed by atoms with E-state index in [4.69, 9.17) is 4.74 Å². The van der Waals surface area contributed by atoms with Crippen molar-refractivity contribution in [2.75, 3.05) is 25.4 Å². The number of thioether (sulfide) groups is 1. The maximum absolute atomic E-state index is 5.91. The van der Waals surface area contributed by atoms with Gasteiger partial charge in [-0.05, 0) is 24.5 Å². The van der Waals surface area contributed by atoms with Crippen LogP contribution in [0.15, 0.2) is 29.2 Å². The van der Waals surface area contributed by atoms with Crippen molar-refractivity contribution < 1.29 is 4.74 Å². The fourth-order valence-corrected chi connectivity index (χ4v) is 4.78. The standard InChI is InChI=1S/C15H19NOS/c1-2-4-15-14(3-1)11(10-18-15)7-16-8-12-5-6-13(9-16)17-12/h1-4,11-13H,5-10H2. The van der Waals surface area contributed by atoms with Crippen molar-refractivity contribution in [2.24, 2.45) is 0 Å². The highest BCUT2D eigenvalue weighted by Crippen LogP contribution is 2.40. The molecule has 0 amide bonds. The van der Waals surface area contributed by atoms with E-state index in [0.29, 0.717) is 12.2 Å². The van der Waals surface area contributed by atoms with Crippen LogP contribution in [0, 0.1) is 0 Å². The third-order valence-electron chi connectivity index (χ3n) is 4.40. The molecular weight excluding hydrogens is 242 g/mol. The molecule has 3 heteroatoms. The van der Waals surface area contributed by atoms with Gasteiger partial charge in [-0.3, -0.25) is 4.90 Å². The first-order chi connectivity index (χ1) is 8.88. The molecule has 3 aliphatic rings. The van der Waals surface area contributed by atoms with Gasteiger partial charge in [-0.1, -0.05) is 18.2 Å². The highest BCUT2D eigenvalue weighted by molar-refractivity contribution is 7.99. The highest BCUT2D eigenvalue weighted by atomic mass is 32.2. The Morgan fingerprint density at radius 1 is 1.17 bits per heavy atom. The van der Waals surface area contributed by atoms with Crippen molar-refractivity contribution >= 4 is 11.8 Å². The van der Waals surface area contributed by atoms with E-state index >= 15 is 0 Å². The zero-order chi connectivity index (χ0) is 11.9. The predicted molar refractivity (Wildman–Crippen MR) is 74.2 cm³/mol. The third-order valence-corrected chi connectivity index (χ3v) is 5.65. The topological polar surface area (TPSA) is 12.5 Å². The van der Waals surface area contributed by atoms with Crippen LogP contribution in [0.5, 0.6) is 0 Å². The van der Waals surface area contributed by atoms with Crippen LogP contribution in [-0.2, 0) is 4.74 Å². The Balaban J connectivity index is 1.47. The van der Waals surface area contributed by atoms with Gasteiger partial charge in [-0.2, -0.15) is 0 Å². The summed E-state index contributed by atoms with van der Waals surface area (Å²) in [7, 11) is 0. The van der Waals surface area contributed by atoms with Crippen molar-refractivity contribution in [3.63, 3.8) is 0 Å². The van der Waals surface area contributed by atoms with Crippen LogP contribution in [0.3, 0.4) is 0 Å². The van der Waals surface area contributed by atoms with Gasteiger partial charge in [-0.25, -0.2) is 0 Å². The van der Waals surface area contributed by atoms with Crippen LogP contribution in [0.1, 0.15) is 24.3 Å². The van der Waals surface area contributed by atoms with Crippen LogP contribution in [-0.4, -0.2) is 42.5 Å². The summed E-state index contributed by atoms with van der Waals surface area (Å²) in [6, 6.07) is 8.92. The van der Waals surface area contributed by atoms with Crippen molar-refractivity contribution in [3.8, 4) is 0 Å². The molecule has 4 rings (SSSR count). The summed E-state index contributed by atoms with van der Waals surface area (Å²) in [6.07, 6.45) is 3.59. The number of nitrogens with zero attached hydrogens (tertiary/aromatic N) is 1. The van der Waals surface area contributed by atoms with Gasteiger partial charge in [0, 0.05) is 36.2 Å². The lowest BCUT2D eigenvalue weighted by Crippen LogP contribution is -2.44. The lowest BCUT2D eigenvalue weighted by Gasteiger charge is -2.33. The van der Waals surface area contributed by atoms with E-state index in [0.717, 1.165) is 19.0 Å². The van der Waals surface area contributed by atoms with Crippen LogP contribution < -0.4 is 0 Å². The van der Waals surface area contributed by atoms with E-state index in [1.165, 1.54) is 30.0 Å². The number of hydrogen-bond donors (Lipinski definition) is 0. The Morgan fingerprint density at radius 3 is 2.78 bits per heavy atom. The molecule has 3 heterocycles. The lowest BCUT2D eigenvalue weighted by atomic mass is 10.0. The average Bonchev–Trinajstić information content (AvgIpc) is 2.94. The Morgan fingerprint density at radius 2 is 1.94 bits per heavy atom. The second-order valence-electron chi connectivity index (χ2n) is 5.72. The molecule has 3 atom stereocenters. The summed E-state index contributed by atoms with van der Waals surface area (Å²) in [6.45, 7) is 3.53. The van der Waals surface area contributed by atoms with Gasteiger partial charge in [0.1, 0.15) is 0 Å². The Hall–Kier alpha value is -0.510. The minimum atomic E-state index is 0.521. The molecular formula is C15H19NOS. The summed E-state index contributed by atoms with van der Waals surface area (Å²) >= 11 is 2.02. The Labute approximate surface area is 113 Å². The van der Waals surface area contributed by atoms with E-state index in [9.17, 15) is 0 Å². The van der Waals surface area contributed by atoms with Crippen molar-refractivity contribution in [1.29, 1.82) is 0 Å². The van der Waals surface area contributed by atoms with E-state index in [-0.39, 0.29) is 0 Å². The summed E-state index contributed by atoms with van der Waals surface area (Å²) in [5.41, 5.74) is 1.57. The molecule has 0 saturated carbocycles. The summed E-state index contributed by atoms with van der Waals surface area (Å²) in [5, 5.41) is 0. The molecule has 1 aromatic carbocycles. The quantitative estimate of drug-likeness (QED) is 0.812. The molecule has 3 aliphatic heterocycles. The number of fused-ring (bicyclic) bond motifs is 3. The van der Waals surface area contributed by atoms with Crippen LogP contribution in [0.25, 0.3) is 0 Å². The highest BCUT2D eigenvalue weighted by Gasteiger charge is 2.35. The average molecular weight is 261 g/mol. The van der Waals surface area contributed by atoms with Gasteiger partial charge >= 0.3 is 0 Å². The summed E-state index contributed by atoms with van der Waals surface area (Å²) < 4.78 is 5.91. The molecule has 18 heavy (non-hydrogen) atoms. The number of morpholine rings is 1. The number of ether oxygens (including phenoxy) is 1. The van der Waals surface area contributed by atoms with Crippen LogP contribution in [0.4, 0.5) is 0 Å². The van der Waals surface area contributed by atoms with Gasteiger partial charge in [-0.15, -0.1) is 11.8 Å². The lowest BCUT2D eigenvalue weighted by molar-refractivity contribution is -0.0393. The van der Waals surface area contributed by atoms with E-state index in [2.05, 4.69) is 29.2 Å². The third kappa shape index (κ3) is 1.98. The normalized spacial score (nSPS) is 34.8. The van der Waals surface area contributed by atoms with E-state index in [1.54, 1.807) is 5.56 Å². The molecule has 0 spiro atoms. The molecule has 2 fully saturated rings. The molecule has 0 aliphatic carbocycles. The molecule has 0 N–H and O–H groups in total. The molecule has 2 nitrogen and oxygen atoms in total. The first-order valence-corrected chi connectivity index (χ1v) is 7.96. The first-order valence-electron chi connectivity index (χ1n) is 6.98. The Bertz CT molecular complexity index is 438. The zero-order valence-corrected chi connectivity index (χ0v) is 11.4. The summed E-state index contributed by atoms with van der Waals surface area (Å²) in [5.74, 6) is 1.98. The minimum absolute atomic E-state index is 0.521. The minimum Gasteiger partial charge on any atom is -0.372 e. The number of rotatable bonds is 2. The van der Waals surface area contributed by atoms with Gasteiger partial charge in [0.05, 0.1) is 12.2 Å². The largest absolute Gasteiger partial charge is 0.372 e. The predicted octanol–water partition coefficient (Wildman–Crippen LogP) is 2.74. The van der Waals surface area contributed by atoms with Gasteiger partial charge in [0.2, 0.25) is 0 Å². The summed E-state index contributed by atoms with van der Waals surface area (Å²) in [4.78, 5) is 4.14. The smallest absolute Gasteiger partial charge is 0.0707 e. The second kappa shape index (κ2) is 4.55. The maximum Gasteiger partial charge on any atom is 0.0707 e. The fourth-order valence-electron chi connectivity index (χ4n) is 3.54. The zero-order valence-electron chi connectivity index (χ0n) is 10.5. The molecule has 96 valence electrons. The van der Waals surface area contributed by atoms with Gasteiger partial charge in [0.15, 0.2) is 0 Å². The molecule has 0 aromatic heterocycles. The number of benzene rings is 1. The molecule has 0 radical (unpaired) electrons. The fraction of sp³-hybridized carbons (Fsp3) is 0.600. The van der Waals surface area contributed by atoms with Crippen molar-refractivity contribution in [3.05, 3.63) is 29.8 Å². The SMILES string of the molecule is c1ccc2c(c1)SCC2CN1CC2CCC(C1)O2. The van der Waals surface area contributed by atoms with Crippen LogP contribution in [0.2, 0.25) is 0 Å². The molecule has 1 aromatic rings. The van der Waals surface area contributed by atoms with E-state index < -0.39 is 0 Å². The molecule has 2 bridgehead atoms. The van der Waals surface area contributed by atoms with E-state index in [1.807, 2.05) is 11.8 Å². The molecule has 3 unspecified atom stereocenters. The van der Waals surface area contributed by atoms with Crippen molar-refractivity contribution in [1.82, 2.24) is 4.90 Å². The van der Waals surface area contributed by atoms with Gasteiger partial charge < -0.3 is 4.74 Å². The monoisotopic (exact) mass is 261 g/mol. The van der Waals surface area contributed by atoms with Crippen molar-refractivity contribution in [2.45, 2.75) is 35.9 Å². The number of likely N-dealkylation sites (tertiary alicyclic amines) is 1. The second-order valence-corrected chi connectivity index (χ2v) is 6.78.